The van der Waals surface area contributed by atoms with Gasteiger partial charge in [0.25, 0.3) is 0 Å². The average molecular weight is 229 g/mol. The molecule has 7 heteroatoms. The first-order valence-corrected chi connectivity index (χ1v) is 4.34. The second kappa shape index (κ2) is 4.18. The van der Waals surface area contributed by atoms with Gasteiger partial charge < -0.3 is 11.1 Å². The van der Waals surface area contributed by atoms with Crippen LogP contribution in [-0.4, -0.2) is 10.0 Å². The van der Waals surface area contributed by atoms with E-state index in [0.717, 1.165) is 6.07 Å². The number of anilines is 1. The van der Waals surface area contributed by atoms with E-state index in [1.807, 2.05) is 0 Å². The fourth-order valence-electron chi connectivity index (χ4n) is 1.08. The molecular formula is C8H8FN3O2S. The quantitative estimate of drug-likeness (QED) is 0.458. The van der Waals surface area contributed by atoms with E-state index in [-0.39, 0.29) is 10.7 Å². The summed E-state index contributed by atoms with van der Waals surface area (Å²) in [5.74, 6) is -0.888. The molecule has 0 radical (unpaired) electrons. The summed E-state index contributed by atoms with van der Waals surface area (Å²) in [5, 5.41) is 12.9. The molecule has 0 atom stereocenters. The Bertz CT molecular complexity index is 436. The number of nitro benzene ring substituents is 1. The Labute approximate surface area is 90.2 Å². The van der Waals surface area contributed by atoms with Gasteiger partial charge in [-0.1, -0.05) is 0 Å². The highest BCUT2D eigenvalue weighted by molar-refractivity contribution is 7.80. The molecule has 1 rings (SSSR count). The minimum Gasteiger partial charge on any atom is -0.376 e. The van der Waals surface area contributed by atoms with Crippen molar-refractivity contribution in [1.29, 1.82) is 0 Å². The van der Waals surface area contributed by atoms with Crippen molar-refractivity contribution in [2.75, 3.05) is 5.32 Å². The highest BCUT2D eigenvalue weighted by Gasteiger charge is 2.18. The van der Waals surface area contributed by atoms with Crippen LogP contribution in [0, 0.1) is 22.9 Å². The van der Waals surface area contributed by atoms with Gasteiger partial charge in [-0.05, 0) is 25.2 Å². The van der Waals surface area contributed by atoms with Gasteiger partial charge >= 0.3 is 5.69 Å². The first-order chi connectivity index (χ1) is 6.93. The Balaban J connectivity index is 3.21. The summed E-state index contributed by atoms with van der Waals surface area (Å²) in [5.41, 5.74) is 5.07. The molecule has 3 N–H and O–H groups in total. The molecule has 0 aliphatic rings. The summed E-state index contributed by atoms with van der Waals surface area (Å²) in [4.78, 5) is 9.62. The number of hydrogen-bond donors (Lipinski definition) is 2. The van der Waals surface area contributed by atoms with Gasteiger partial charge in [0.2, 0.25) is 5.82 Å². The highest BCUT2D eigenvalue weighted by atomic mass is 32.1. The topological polar surface area (TPSA) is 81.2 Å². The summed E-state index contributed by atoms with van der Waals surface area (Å²) < 4.78 is 13.4. The predicted octanol–water partition coefficient (Wildman–Crippen LogP) is 1.70. The van der Waals surface area contributed by atoms with E-state index < -0.39 is 16.4 Å². The van der Waals surface area contributed by atoms with Crippen molar-refractivity contribution in [3.63, 3.8) is 0 Å². The van der Waals surface area contributed by atoms with Gasteiger partial charge in [0, 0.05) is 17.3 Å². The first-order valence-electron chi connectivity index (χ1n) is 3.93. The van der Waals surface area contributed by atoms with E-state index in [1.54, 1.807) is 0 Å². The molecule has 0 aromatic heterocycles. The summed E-state index contributed by atoms with van der Waals surface area (Å²) >= 11 is 4.58. The van der Waals surface area contributed by atoms with Crippen LogP contribution in [0.3, 0.4) is 0 Å². The summed E-state index contributed by atoms with van der Waals surface area (Å²) in [6, 6.07) is 2.42. The maximum Gasteiger partial charge on any atom is 0.305 e. The van der Waals surface area contributed by atoms with Crippen molar-refractivity contribution in [3.8, 4) is 0 Å². The number of thiocarbonyl (C=S) groups is 1. The van der Waals surface area contributed by atoms with Crippen LogP contribution in [0.15, 0.2) is 12.1 Å². The Kier molecular flexibility index (Phi) is 3.15. The molecule has 0 unspecified atom stereocenters. The van der Waals surface area contributed by atoms with Crippen LogP contribution in [0.5, 0.6) is 0 Å². The smallest absolute Gasteiger partial charge is 0.305 e. The average Bonchev–Trinajstić information content (AvgIpc) is 2.12. The monoisotopic (exact) mass is 229 g/mol. The van der Waals surface area contributed by atoms with E-state index >= 15 is 0 Å². The van der Waals surface area contributed by atoms with Crippen LogP contribution in [0.1, 0.15) is 5.56 Å². The van der Waals surface area contributed by atoms with Crippen LogP contribution in [-0.2, 0) is 0 Å². The molecule has 0 saturated carbocycles. The number of nitrogens with two attached hydrogens (primary N) is 1. The zero-order chi connectivity index (χ0) is 11.6. The molecule has 0 fully saturated rings. The van der Waals surface area contributed by atoms with Crippen LogP contribution in [0.25, 0.3) is 0 Å². The van der Waals surface area contributed by atoms with Gasteiger partial charge in [-0.25, -0.2) is 0 Å². The second-order valence-electron chi connectivity index (χ2n) is 2.82. The van der Waals surface area contributed by atoms with Crippen molar-refractivity contribution < 1.29 is 9.31 Å². The minimum absolute atomic E-state index is 0.0219. The molecule has 5 nitrogen and oxygen atoms in total. The SMILES string of the molecule is Cc1c(NC(N)=S)ccc([N+](=O)[O-])c1F. The van der Waals surface area contributed by atoms with Gasteiger partial charge in [-0.3, -0.25) is 10.1 Å². The van der Waals surface area contributed by atoms with E-state index in [0.29, 0.717) is 5.69 Å². The Morgan fingerprint density at radius 3 is 2.73 bits per heavy atom. The summed E-state index contributed by atoms with van der Waals surface area (Å²) in [6.45, 7) is 1.41. The maximum absolute atomic E-state index is 13.4. The fraction of sp³-hybridized carbons (Fsp3) is 0.125. The van der Waals surface area contributed by atoms with Crippen molar-refractivity contribution in [1.82, 2.24) is 0 Å². The number of hydrogen-bond acceptors (Lipinski definition) is 3. The number of nitrogens with zero attached hydrogens (tertiary/aromatic N) is 1. The van der Waals surface area contributed by atoms with Gasteiger partial charge in [0.15, 0.2) is 5.11 Å². The molecule has 0 heterocycles. The standard InChI is InChI=1S/C8H8FN3O2S/c1-4-5(11-8(10)15)2-3-6(7(4)9)12(13)14/h2-3H,1H3,(H3,10,11,15). The molecule has 0 bridgehead atoms. The third-order valence-electron chi connectivity index (χ3n) is 1.82. The molecular weight excluding hydrogens is 221 g/mol. The Hall–Kier alpha value is -1.76. The lowest BCUT2D eigenvalue weighted by Gasteiger charge is -2.07. The van der Waals surface area contributed by atoms with E-state index in [2.05, 4.69) is 17.5 Å². The Morgan fingerprint density at radius 1 is 1.67 bits per heavy atom. The minimum atomic E-state index is -0.888. The van der Waals surface area contributed by atoms with E-state index in [1.165, 1.54) is 13.0 Å². The highest BCUT2D eigenvalue weighted by Crippen LogP contribution is 2.26. The number of benzene rings is 1. The third kappa shape index (κ3) is 2.38. The van der Waals surface area contributed by atoms with E-state index in [4.69, 9.17) is 5.73 Å². The van der Waals surface area contributed by atoms with E-state index in [9.17, 15) is 14.5 Å². The predicted molar refractivity (Wildman–Crippen MR) is 58.2 cm³/mol. The largest absolute Gasteiger partial charge is 0.376 e. The van der Waals surface area contributed by atoms with Crippen LogP contribution >= 0.6 is 12.2 Å². The van der Waals surface area contributed by atoms with Crippen molar-refractivity contribution in [3.05, 3.63) is 33.6 Å². The Morgan fingerprint density at radius 2 is 2.27 bits per heavy atom. The molecule has 0 spiro atoms. The fourth-order valence-corrected chi connectivity index (χ4v) is 1.19. The molecule has 1 aromatic rings. The number of nitrogens with one attached hydrogen (secondary N) is 1. The number of halogens is 1. The number of rotatable bonds is 2. The van der Waals surface area contributed by atoms with Crippen molar-refractivity contribution >= 4 is 28.7 Å². The lowest BCUT2D eigenvalue weighted by molar-refractivity contribution is -0.387. The molecule has 15 heavy (non-hydrogen) atoms. The number of nitro groups is 1. The normalized spacial score (nSPS) is 9.73. The molecule has 0 amide bonds. The molecule has 0 aliphatic carbocycles. The summed E-state index contributed by atoms with van der Waals surface area (Å²) in [7, 11) is 0. The summed E-state index contributed by atoms with van der Waals surface area (Å²) in [6.07, 6.45) is 0. The van der Waals surface area contributed by atoms with Crippen molar-refractivity contribution in [2.24, 2.45) is 5.73 Å². The third-order valence-corrected chi connectivity index (χ3v) is 1.92. The van der Waals surface area contributed by atoms with Crippen LogP contribution < -0.4 is 11.1 Å². The van der Waals surface area contributed by atoms with Gasteiger partial charge in [-0.15, -0.1) is 0 Å². The molecule has 1 aromatic carbocycles. The van der Waals surface area contributed by atoms with Crippen molar-refractivity contribution in [2.45, 2.75) is 6.92 Å². The molecule has 80 valence electrons. The van der Waals surface area contributed by atoms with Gasteiger partial charge in [-0.2, -0.15) is 4.39 Å². The van der Waals surface area contributed by atoms with Gasteiger partial charge in [0.1, 0.15) is 0 Å². The molecule has 0 aliphatic heterocycles. The zero-order valence-corrected chi connectivity index (χ0v) is 8.60. The van der Waals surface area contributed by atoms with Crippen LogP contribution in [0.2, 0.25) is 0 Å². The lowest BCUT2D eigenvalue weighted by Crippen LogP contribution is -2.19. The zero-order valence-electron chi connectivity index (χ0n) is 7.78. The lowest BCUT2D eigenvalue weighted by atomic mass is 10.1. The van der Waals surface area contributed by atoms with Gasteiger partial charge in [0.05, 0.1) is 4.92 Å². The van der Waals surface area contributed by atoms with Crippen LogP contribution in [0.4, 0.5) is 15.8 Å². The maximum atomic E-state index is 13.4. The first kappa shape index (κ1) is 11.3. The molecule has 0 saturated heterocycles. The second-order valence-corrected chi connectivity index (χ2v) is 3.26.